The van der Waals surface area contributed by atoms with Crippen LogP contribution >= 0.6 is 23.2 Å². The van der Waals surface area contributed by atoms with Gasteiger partial charge in [-0.05, 0) is 6.07 Å². The van der Waals surface area contributed by atoms with Crippen LogP contribution in [0, 0.1) is 0 Å². The van der Waals surface area contributed by atoms with Crippen LogP contribution in [0.2, 0.25) is 10.2 Å². The first kappa shape index (κ1) is 7.63. The predicted octanol–water partition coefficient (Wildman–Crippen LogP) is 2.43. The van der Waals surface area contributed by atoms with E-state index in [1.54, 1.807) is 13.1 Å². The van der Waals surface area contributed by atoms with E-state index in [9.17, 15) is 0 Å². The van der Waals surface area contributed by atoms with E-state index in [0.717, 1.165) is 5.69 Å². The zero-order valence-corrected chi connectivity index (χ0v) is 6.87. The van der Waals surface area contributed by atoms with Gasteiger partial charge in [0.15, 0.2) is 5.15 Å². The van der Waals surface area contributed by atoms with E-state index in [1.165, 1.54) is 6.20 Å². The number of halogens is 2. The molecule has 0 fully saturated rings. The quantitative estimate of drug-likeness (QED) is 0.666. The van der Waals surface area contributed by atoms with Crippen molar-refractivity contribution in [3.8, 4) is 0 Å². The fourth-order valence-electron chi connectivity index (χ4n) is 0.598. The van der Waals surface area contributed by atoms with E-state index >= 15 is 0 Å². The second kappa shape index (κ2) is 3.08. The lowest BCUT2D eigenvalue weighted by Gasteiger charge is -2.00. The van der Waals surface area contributed by atoms with Crippen LogP contribution in [-0.4, -0.2) is 12.0 Å². The monoisotopic (exact) mass is 176 g/mol. The van der Waals surface area contributed by atoms with E-state index < -0.39 is 0 Å². The number of rotatable bonds is 1. The first-order valence-electron chi connectivity index (χ1n) is 2.73. The van der Waals surface area contributed by atoms with Crippen molar-refractivity contribution in [1.82, 2.24) is 4.98 Å². The summed E-state index contributed by atoms with van der Waals surface area (Å²) in [6, 6.07) is 1.72. The van der Waals surface area contributed by atoms with Gasteiger partial charge in [-0.2, -0.15) is 0 Å². The molecule has 4 heteroatoms. The molecule has 0 saturated heterocycles. The summed E-state index contributed by atoms with van der Waals surface area (Å²) in [6.45, 7) is 0. The largest absolute Gasteiger partial charge is 0.386 e. The summed E-state index contributed by atoms with van der Waals surface area (Å²) in [4.78, 5) is 3.82. The molecule has 0 aromatic carbocycles. The summed E-state index contributed by atoms with van der Waals surface area (Å²) in [5, 5.41) is 3.87. The molecule has 0 bridgehead atoms. The molecule has 0 spiro atoms. The van der Waals surface area contributed by atoms with Gasteiger partial charge in [0.05, 0.1) is 10.7 Å². The first-order valence-corrected chi connectivity index (χ1v) is 3.48. The summed E-state index contributed by atoms with van der Waals surface area (Å²) in [7, 11) is 1.76. The molecule has 0 aliphatic heterocycles. The SMILES string of the molecule is CNc1cc(Cl)cnc1Cl. The maximum atomic E-state index is 5.66. The highest BCUT2D eigenvalue weighted by molar-refractivity contribution is 6.34. The van der Waals surface area contributed by atoms with Crippen molar-refractivity contribution in [1.29, 1.82) is 0 Å². The Morgan fingerprint density at radius 1 is 1.50 bits per heavy atom. The van der Waals surface area contributed by atoms with E-state index in [1.807, 2.05) is 0 Å². The van der Waals surface area contributed by atoms with Crippen LogP contribution in [0.3, 0.4) is 0 Å². The van der Waals surface area contributed by atoms with Crippen LogP contribution in [0.4, 0.5) is 5.69 Å². The van der Waals surface area contributed by atoms with Crippen molar-refractivity contribution in [3.05, 3.63) is 22.4 Å². The normalized spacial score (nSPS) is 9.50. The average molecular weight is 177 g/mol. The number of nitrogens with one attached hydrogen (secondary N) is 1. The molecular formula is C6H6Cl2N2. The Labute approximate surface area is 69.2 Å². The Morgan fingerprint density at radius 2 is 2.20 bits per heavy atom. The zero-order chi connectivity index (χ0) is 7.56. The zero-order valence-electron chi connectivity index (χ0n) is 5.36. The lowest BCUT2D eigenvalue weighted by molar-refractivity contribution is 1.31. The molecule has 0 aliphatic rings. The van der Waals surface area contributed by atoms with Gasteiger partial charge in [-0.3, -0.25) is 0 Å². The van der Waals surface area contributed by atoms with Crippen LogP contribution < -0.4 is 5.32 Å². The third-order valence-corrected chi connectivity index (χ3v) is 1.58. The molecule has 0 aliphatic carbocycles. The molecule has 10 heavy (non-hydrogen) atoms. The second-order valence-corrected chi connectivity index (χ2v) is 2.54. The number of aromatic nitrogens is 1. The summed E-state index contributed by atoms with van der Waals surface area (Å²) < 4.78 is 0. The second-order valence-electron chi connectivity index (χ2n) is 1.74. The van der Waals surface area contributed by atoms with E-state index in [4.69, 9.17) is 23.2 Å². The molecular weight excluding hydrogens is 171 g/mol. The van der Waals surface area contributed by atoms with Crippen molar-refractivity contribution in [3.63, 3.8) is 0 Å². The number of anilines is 1. The first-order chi connectivity index (χ1) is 4.74. The minimum atomic E-state index is 0.437. The van der Waals surface area contributed by atoms with Gasteiger partial charge in [-0.15, -0.1) is 0 Å². The Bertz CT molecular complexity index is 237. The smallest absolute Gasteiger partial charge is 0.152 e. The van der Waals surface area contributed by atoms with Gasteiger partial charge in [-0.25, -0.2) is 4.98 Å². The van der Waals surface area contributed by atoms with Crippen molar-refractivity contribution < 1.29 is 0 Å². The Hall–Kier alpha value is -0.470. The van der Waals surface area contributed by atoms with Crippen molar-refractivity contribution in [2.75, 3.05) is 12.4 Å². The van der Waals surface area contributed by atoms with Crippen LogP contribution in [0.25, 0.3) is 0 Å². The number of hydrogen-bond donors (Lipinski definition) is 1. The van der Waals surface area contributed by atoms with Crippen molar-refractivity contribution >= 4 is 28.9 Å². The molecule has 1 aromatic heterocycles. The predicted molar refractivity (Wildman–Crippen MR) is 43.8 cm³/mol. The molecule has 1 N–H and O–H groups in total. The Balaban J connectivity index is 3.09. The molecule has 0 radical (unpaired) electrons. The summed E-state index contributed by atoms with van der Waals surface area (Å²) in [5.41, 5.74) is 0.745. The highest BCUT2D eigenvalue weighted by Crippen LogP contribution is 2.21. The molecule has 0 unspecified atom stereocenters. The van der Waals surface area contributed by atoms with Crippen LogP contribution in [-0.2, 0) is 0 Å². The third-order valence-electron chi connectivity index (χ3n) is 1.08. The topological polar surface area (TPSA) is 24.9 Å². The Morgan fingerprint density at radius 3 is 2.70 bits per heavy atom. The standard InChI is InChI=1S/C6H6Cl2N2/c1-9-5-2-4(7)3-10-6(5)8/h2-3,9H,1H3. The molecule has 0 amide bonds. The lowest BCUT2D eigenvalue weighted by Crippen LogP contribution is -1.90. The van der Waals surface area contributed by atoms with Crippen LogP contribution in [0.1, 0.15) is 0 Å². The fourth-order valence-corrected chi connectivity index (χ4v) is 0.954. The molecule has 1 heterocycles. The summed E-state index contributed by atoms with van der Waals surface area (Å²) in [5.74, 6) is 0. The van der Waals surface area contributed by atoms with Gasteiger partial charge in [0, 0.05) is 13.2 Å². The maximum absolute atomic E-state index is 5.66. The van der Waals surface area contributed by atoms with Crippen molar-refractivity contribution in [2.24, 2.45) is 0 Å². The molecule has 0 atom stereocenters. The van der Waals surface area contributed by atoms with Crippen LogP contribution in [0.15, 0.2) is 12.3 Å². The Kier molecular flexibility index (Phi) is 2.35. The van der Waals surface area contributed by atoms with Gasteiger partial charge in [0.1, 0.15) is 0 Å². The number of hydrogen-bond acceptors (Lipinski definition) is 2. The highest BCUT2D eigenvalue weighted by Gasteiger charge is 1.98. The third kappa shape index (κ3) is 1.52. The average Bonchev–Trinajstić information content (AvgIpc) is 1.94. The molecule has 1 rings (SSSR count). The minimum Gasteiger partial charge on any atom is -0.386 e. The minimum absolute atomic E-state index is 0.437. The molecule has 0 saturated carbocycles. The van der Waals surface area contributed by atoms with Crippen molar-refractivity contribution in [2.45, 2.75) is 0 Å². The highest BCUT2D eigenvalue weighted by atomic mass is 35.5. The van der Waals surface area contributed by atoms with Gasteiger partial charge in [-0.1, -0.05) is 23.2 Å². The molecule has 1 aromatic rings. The van der Waals surface area contributed by atoms with E-state index in [2.05, 4.69) is 10.3 Å². The molecule has 2 nitrogen and oxygen atoms in total. The number of pyridine rings is 1. The van der Waals surface area contributed by atoms with Gasteiger partial charge < -0.3 is 5.32 Å². The van der Waals surface area contributed by atoms with Gasteiger partial charge in [0.2, 0.25) is 0 Å². The van der Waals surface area contributed by atoms with Crippen LogP contribution in [0.5, 0.6) is 0 Å². The van der Waals surface area contributed by atoms with E-state index in [0.29, 0.717) is 10.2 Å². The van der Waals surface area contributed by atoms with Gasteiger partial charge in [0.25, 0.3) is 0 Å². The fraction of sp³-hybridized carbons (Fsp3) is 0.167. The maximum Gasteiger partial charge on any atom is 0.152 e. The van der Waals surface area contributed by atoms with E-state index in [-0.39, 0.29) is 0 Å². The van der Waals surface area contributed by atoms with Gasteiger partial charge >= 0.3 is 0 Å². The summed E-state index contributed by atoms with van der Waals surface area (Å²) >= 11 is 11.3. The summed E-state index contributed by atoms with van der Waals surface area (Å²) in [6.07, 6.45) is 1.50. The number of nitrogens with zero attached hydrogens (tertiary/aromatic N) is 1. The molecule has 54 valence electrons. The lowest BCUT2D eigenvalue weighted by atomic mass is 10.4.